The number of rotatable bonds is 8. The Morgan fingerprint density at radius 3 is 2.35 bits per heavy atom. The number of carboxylic acid groups (broad SMARTS) is 1. The van der Waals surface area contributed by atoms with Crippen LogP contribution in [0.2, 0.25) is 0 Å². The van der Waals surface area contributed by atoms with E-state index in [2.05, 4.69) is 6.92 Å². The second-order valence-corrected chi connectivity index (χ2v) is 3.41. The molecule has 0 radical (unpaired) electrons. The fourth-order valence-electron chi connectivity index (χ4n) is 1.03. The molecule has 0 saturated carbocycles. The zero-order valence-corrected chi connectivity index (χ0v) is 9.07. The van der Waals surface area contributed by atoms with Crippen molar-refractivity contribution in [2.45, 2.75) is 45.1 Å². The summed E-state index contributed by atoms with van der Waals surface area (Å²) in [7, 11) is 0. The zero-order valence-electron chi connectivity index (χ0n) is 9.07. The molecule has 0 heterocycles. The molecule has 0 bridgehead atoms. The van der Waals surface area contributed by atoms with Gasteiger partial charge in [-0.25, -0.2) is 0 Å². The molecule has 92 valence electrons. The van der Waals surface area contributed by atoms with Gasteiger partial charge in [-0.1, -0.05) is 19.8 Å². The number of carboxylic acids is 1. The predicted octanol–water partition coefficient (Wildman–Crippen LogP) is -0.385. The zero-order chi connectivity index (χ0) is 11.7. The minimum atomic E-state index is -0.954. The summed E-state index contributed by atoms with van der Waals surface area (Å²) >= 11 is 0. The SMILES string of the molecule is CCCCCOC(=O)C(N)CCC(=O)O.[NaH].[NaH]. The summed E-state index contributed by atoms with van der Waals surface area (Å²) in [6.45, 7) is 2.42. The Kier molecular flexibility index (Phi) is 20.3. The average molecular weight is 265 g/mol. The molecule has 0 rings (SSSR count). The van der Waals surface area contributed by atoms with Gasteiger partial charge < -0.3 is 15.6 Å². The van der Waals surface area contributed by atoms with Gasteiger partial charge in [0.25, 0.3) is 0 Å². The van der Waals surface area contributed by atoms with Gasteiger partial charge in [0.1, 0.15) is 6.04 Å². The minimum absolute atomic E-state index is 0. The number of ether oxygens (including phenoxy) is 1. The van der Waals surface area contributed by atoms with Gasteiger partial charge >= 0.3 is 71.1 Å². The number of esters is 1. The van der Waals surface area contributed by atoms with E-state index in [9.17, 15) is 9.59 Å². The van der Waals surface area contributed by atoms with Crippen LogP contribution in [0.25, 0.3) is 0 Å². The summed E-state index contributed by atoms with van der Waals surface area (Å²) in [6, 6.07) is -0.817. The number of aliphatic carboxylic acids is 1. The third-order valence-electron chi connectivity index (χ3n) is 1.96. The van der Waals surface area contributed by atoms with Crippen LogP contribution in [0.3, 0.4) is 0 Å². The monoisotopic (exact) mass is 265 g/mol. The Labute approximate surface area is 146 Å². The molecule has 0 saturated heterocycles. The molecule has 0 spiro atoms. The first-order valence-electron chi connectivity index (χ1n) is 5.22. The summed E-state index contributed by atoms with van der Waals surface area (Å²) in [5.74, 6) is -1.46. The molecule has 0 aliphatic carbocycles. The van der Waals surface area contributed by atoms with E-state index < -0.39 is 18.0 Å². The van der Waals surface area contributed by atoms with Crippen molar-refractivity contribution in [3.05, 3.63) is 0 Å². The first-order chi connectivity index (χ1) is 7.07. The summed E-state index contributed by atoms with van der Waals surface area (Å²) in [4.78, 5) is 21.4. The van der Waals surface area contributed by atoms with Gasteiger partial charge in [-0.3, -0.25) is 9.59 Å². The van der Waals surface area contributed by atoms with Crippen molar-refractivity contribution < 1.29 is 19.4 Å². The molecular weight excluding hydrogens is 244 g/mol. The van der Waals surface area contributed by atoms with Gasteiger partial charge in [-0.05, 0) is 12.8 Å². The van der Waals surface area contributed by atoms with Crippen molar-refractivity contribution in [1.82, 2.24) is 0 Å². The molecular formula is C10H21NNa2O4. The Hall–Kier alpha value is 0.900. The number of hydrogen-bond acceptors (Lipinski definition) is 4. The Balaban J connectivity index is -0.000000980. The Bertz CT molecular complexity index is 214. The standard InChI is InChI=1S/C10H19NO4.2Na.2H/c1-2-3-4-7-15-10(14)8(11)5-6-9(12)13;;;;/h8H,2-7,11H2,1H3,(H,12,13);;;;. The van der Waals surface area contributed by atoms with E-state index in [1.807, 2.05) is 0 Å². The first-order valence-corrected chi connectivity index (χ1v) is 5.22. The molecule has 3 N–H and O–H groups in total. The van der Waals surface area contributed by atoms with Crippen LogP contribution < -0.4 is 5.73 Å². The van der Waals surface area contributed by atoms with Gasteiger partial charge in [-0.2, -0.15) is 0 Å². The molecule has 0 fully saturated rings. The van der Waals surface area contributed by atoms with E-state index in [1.54, 1.807) is 0 Å². The van der Waals surface area contributed by atoms with Gasteiger partial charge in [-0.15, -0.1) is 0 Å². The number of hydrogen-bond donors (Lipinski definition) is 2. The molecule has 0 amide bonds. The summed E-state index contributed by atoms with van der Waals surface area (Å²) in [5, 5.41) is 8.38. The molecule has 1 atom stereocenters. The number of nitrogens with two attached hydrogens (primary N) is 1. The quantitative estimate of drug-likeness (QED) is 0.354. The van der Waals surface area contributed by atoms with Gasteiger partial charge in [0.2, 0.25) is 0 Å². The first kappa shape index (κ1) is 23.0. The second kappa shape index (κ2) is 15.0. The maximum absolute atomic E-state index is 11.2. The number of unbranched alkanes of at least 4 members (excludes halogenated alkanes) is 2. The molecule has 0 aromatic heterocycles. The third-order valence-corrected chi connectivity index (χ3v) is 1.96. The van der Waals surface area contributed by atoms with E-state index in [-0.39, 0.29) is 72.0 Å². The maximum atomic E-state index is 11.2. The Morgan fingerprint density at radius 2 is 1.88 bits per heavy atom. The Morgan fingerprint density at radius 1 is 1.29 bits per heavy atom. The average Bonchev–Trinajstić information content (AvgIpc) is 2.20. The van der Waals surface area contributed by atoms with Gasteiger partial charge in [0.05, 0.1) is 6.61 Å². The van der Waals surface area contributed by atoms with Crippen molar-refractivity contribution >= 4 is 71.1 Å². The van der Waals surface area contributed by atoms with Crippen LogP contribution >= 0.6 is 0 Å². The molecule has 7 heteroatoms. The summed E-state index contributed by atoms with van der Waals surface area (Å²) in [5.41, 5.74) is 5.44. The third kappa shape index (κ3) is 14.8. The van der Waals surface area contributed by atoms with E-state index in [0.29, 0.717) is 6.61 Å². The fourth-order valence-corrected chi connectivity index (χ4v) is 1.03. The summed E-state index contributed by atoms with van der Waals surface area (Å²) < 4.78 is 4.88. The van der Waals surface area contributed by atoms with Crippen LogP contribution in [0, 0.1) is 0 Å². The molecule has 0 aliphatic rings. The van der Waals surface area contributed by atoms with E-state index >= 15 is 0 Å². The van der Waals surface area contributed by atoms with Crippen LogP contribution in [0.4, 0.5) is 0 Å². The molecule has 0 aliphatic heterocycles. The topological polar surface area (TPSA) is 89.6 Å². The van der Waals surface area contributed by atoms with E-state index in [0.717, 1.165) is 19.3 Å². The second-order valence-electron chi connectivity index (χ2n) is 3.41. The fraction of sp³-hybridized carbons (Fsp3) is 0.800. The van der Waals surface area contributed by atoms with Crippen molar-refractivity contribution in [1.29, 1.82) is 0 Å². The number of carbonyl (C=O) groups excluding carboxylic acids is 1. The van der Waals surface area contributed by atoms with Gasteiger partial charge in [0, 0.05) is 6.42 Å². The summed E-state index contributed by atoms with van der Waals surface area (Å²) in [6.07, 6.45) is 2.92. The molecule has 0 aromatic rings. The van der Waals surface area contributed by atoms with Crippen molar-refractivity contribution in [2.75, 3.05) is 6.61 Å². The van der Waals surface area contributed by atoms with Gasteiger partial charge in [0.15, 0.2) is 0 Å². The number of carbonyl (C=O) groups is 2. The van der Waals surface area contributed by atoms with Crippen molar-refractivity contribution in [2.24, 2.45) is 5.73 Å². The molecule has 17 heavy (non-hydrogen) atoms. The van der Waals surface area contributed by atoms with Crippen LogP contribution in [-0.4, -0.2) is 88.8 Å². The normalized spacial score (nSPS) is 10.7. The van der Waals surface area contributed by atoms with E-state index in [4.69, 9.17) is 15.6 Å². The predicted molar refractivity (Wildman–Crippen MR) is 69.6 cm³/mol. The molecule has 1 unspecified atom stereocenters. The van der Waals surface area contributed by atoms with Crippen LogP contribution in [0.5, 0.6) is 0 Å². The van der Waals surface area contributed by atoms with Crippen LogP contribution in [0.1, 0.15) is 39.0 Å². The van der Waals surface area contributed by atoms with Crippen LogP contribution in [-0.2, 0) is 14.3 Å². The van der Waals surface area contributed by atoms with Crippen molar-refractivity contribution in [3.63, 3.8) is 0 Å². The van der Waals surface area contributed by atoms with E-state index in [1.165, 1.54) is 0 Å². The molecule has 0 aromatic carbocycles. The van der Waals surface area contributed by atoms with Crippen LogP contribution in [0.15, 0.2) is 0 Å². The molecule has 5 nitrogen and oxygen atoms in total. The van der Waals surface area contributed by atoms with Crippen molar-refractivity contribution in [3.8, 4) is 0 Å².